The van der Waals surface area contributed by atoms with Gasteiger partial charge in [-0.15, -0.1) is 0 Å². The van der Waals surface area contributed by atoms with Crippen molar-refractivity contribution in [2.75, 3.05) is 0 Å². The zero-order valence-electron chi connectivity index (χ0n) is 10.4. The predicted molar refractivity (Wildman–Crippen MR) is 66.4 cm³/mol. The van der Waals surface area contributed by atoms with Gasteiger partial charge in [0.1, 0.15) is 5.78 Å². The molecule has 0 saturated heterocycles. The minimum Gasteiger partial charge on any atom is -0.298 e. The fraction of sp³-hybridized carbons (Fsp3) is 0.417. The van der Waals surface area contributed by atoms with Crippen molar-refractivity contribution in [3.8, 4) is 0 Å². The molecule has 0 amide bonds. The van der Waals surface area contributed by atoms with Crippen LogP contribution in [-0.4, -0.2) is 20.2 Å². The maximum atomic E-state index is 12.1. The predicted octanol–water partition coefficient (Wildman–Crippen LogP) is 1.56. The van der Waals surface area contributed by atoms with E-state index in [-0.39, 0.29) is 10.7 Å². The Kier molecular flexibility index (Phi) is 4.06. The molecule has 0 aromatic heterocycles. The molecule has 94 valence electrons. The first-order chi connectivity index (χ1) is 7.74. The highest BCUT2D eigenvalue weighted by Crippen LogP contribution is 2.16. The highest BCUT2D eigenvalue weighted by Gasteiger charge is 2.21. The maximum absolute atomic E-state index is 12.1. The molecule has 0 heterocycles. The molecule has 0 fully saturated rings. The van der Waals surface area contributed by atoms with E-state index in [2.05, 4.69) is 4.72 Å². The molecular weight excluding hydrogens is 238 g/mol. The molecule has 1 aromatic carbocycles. The number of rotatable bonds is 4. The standard InChI is InChI=1S/C12H17NO3S/c1-8-5-6-9(2)12(7-8)17(15,16)13-10(3)11(4)14/h5-7,10,13H,1-4H3. The summed E-state index contributed by atoms with van der Waals surface area (Å²) < 4.78 is 26.5. The summed E-state index contributed by atoms with van der Waals surface area (Å²) >= 11 is 0. The number of ketones is 1. The van der Waals surface area contributed by atoms with Crippen LogP contribution in [0.2, 0.25) is 0 Å². The van der Waals surface area contributed by atoms with Crippen LogP contribution in [0, 0.1) is 13.8 Å². The topological polar surface area (TPSA) is 63.2 Å². The van der Waals surface area contributed by atoms with Gasteiger partial charge in [0.2, 0.25) is 10.0 Å². The minimum absolute atomic E-state index is 0.209. The summed E-state index contributed by atoms with van der Waals surface area (Å²) in [4.78, 5) is 11.3. The zero-order chi connectivity index (χ0) is 13.2. The Balaban J connectivity index is 3.13. The van der Waals surface area contributed by atoms with Gasteiger partial charge in [-0.05, 0) is 44.9 Å². The first-order valence-corrected chi connectivity index (χ1v) is 6.82. The Morgan fingerprint density at radius 3 is 2.41 bits per heavy atom. The van der Waals surface area contributed by atoms with E-state index in [0.29, 0.717) is 5.56 Å². The Morgan fingerprint density at radius 1 is 1.29 bits per heavy atom. The summed E-state index contributed by atoms with van der Waals surface area (Å²) in [5.41, 5.74) is 1.53. The van der Waals surface area contributed by atoms with Crippen molar-refractivity contribution in [1.29, 1.82) is 0 Å². The van der Waals surface area contributed by atoms with Gasteiger partial charge in [0.15, 0.2) is 0 Å². The summed E-state index contributed by atoms with van der Waals surface area (Å²) in [6.07, 6.45) is 0. The van der Waals surface area contributed by atoms with E-state index < -0.39 is 16.1 Å². The van der Waals surface area contributed by atoms with Crippen molar-refractivity contribution in [3.05, 3.63) is 29.3 Å². The van der Waals surface area contributed by atoms with Gasteiger partial charge in [-0.1, -0.05) is 12.1 Å². The number of carbonyl (C=O) groups excluding carboxylic acids is 1. The third kappa shape index (κ3) is 3.38. The van der Waals surface area contributed by atoms with Crippen LogP contribution in [0.4, 0.5) is 0 Å². The number of aryl methyl sites for hydroxylation is 2. The summed E-state index contributed by atoms with van der Waals surface area (Å²) in [6, 6.07) is 4.50. The van der Waals surface area contributed by atoms with Gasteiger partial charge in [0, 0.05) is 0 Å². The lowest BCUT2D eigenvalue weighted by Gasteiger charge is -2.13. The molecule has 1 rings (SSSR count). The van der Waals surface area contributed by atoms with E-state index in [0.717, 1.165) is 5.56 Å². The molecule has 0 bridgehead atoms. The Labute approximate surface area is 102 Å². The maximum Gasteiger partial charge on any atom is 0.241 e. The van der Waals surface area contributed by atoms with Gasteiger partial charge >= 0.3 is 0 Å². The summed E-state index contributed by atoms with van der Waals surface area (Å²) in [7, 11) is -3.63. The van der Waals surface area contributed by atoms with Gasteiger partial charge in [0.25, 0.3) is 0 Å². The number of nitrogens with one attached hydrogen (secondary N) is 1. The second-order valence-corrected chi connectivity index (χ2v) is 5.90. The minimum atomic E-state index is -3.63. The summed E-state index contributed by atoms with van der Waals surface area (Å²) in [5.74, 6) is -0.209. The molecule has 4 nitrogen and oxygen atoms in total. The Morgan fingerprint density at radius 2 is 1.88 bits per heavy atom. The van der Waals surface area contributed by atoms with Crippen molar-refractivity contribution in [1.82, 2.24) is 4.72 Å². The lowest BCUT2D eigenvalue weighted by molar-refractivity contribution is -0.118. The lowest BCUT2D eigenvalue weighted by atomic mass is 10.2. The number of sulfonamides is 1. The summed E-state index contributed by atoms with van der Waals surface area (Å²) in [6.45, 7) is 6.45. The quantitative estimate of drug-likeness (QED) is 0.888. The zero-order valence-corrected chi connectivity index (χ0v) is 11.3. The van der Waals surface area contributed by atoms with Crippen molar-refractivity contribution in [2.24, 2.45) is 0 Å². The molecular formula is C12H17NO3S. The molecule has 5 heteroatoms. The van der Waals surface area contributed by atoms with E-state index in [1.165, 1.54) is 13.8 Å². The van der Waals surface area contributed by atoms with Crippen LogP contribution in [0.25, 0.3) is 0 Å². The van der Waals surface area contributed by atoms with Crippen LogP contribution in [0.5, 0.6) is 0 Å². The third-order valence-corrected chi connectivity index (χ3v) is 4.26. The van der Waals surface area contributed by atoms with Crippen LogP contribution in [0.3, 0.4) is 0 Å². The third-order valence-electron chi connectivity index (χ3n) is 2.57. The van der Waals surface area contributed by atoms with Crippen LogP contribution < -0.4 is 4.72 Å². The molecule has 17 heavy (non-hydrogen) atoms. The van der Waals surface area contributed by atoms with Gasteiger partial charge in [-0.25, -0.2) is 13.1 Å². The Bertz CT molecular complexity index is 535. The van der Waals surface area contributed by atoms with E-state index in [4.69, 9.17) is 0 Å². The van der Waals surface area contributed by atoms with Gasteiger partial charge in [-0.2, -0.15) is 0 Å². The first kappa shape index (κ1) is 13.9. The number of benzene rings is 1. The average molecular weight is 255 g/mol. The van der Waals surface area contributed by atoms with E-state index in [9.17, 15) is 13.2 Å². The van der Waals surface area contributed by atoms with Crippen molar-refractivity contribution < 1.29 is 13.2 Å². The van der Waals surface area contributed by atoms with Crippen molar-refractivity contribution in [2.45, 2.75) is 38.6 Å². The Hall–Kier alpha value is -1.20. The second-order valence-electron chi connectivity index (χ2n) is 4.22. The average Bonchev–Trinajstić information content (AvgIpc) is 2.20. The molecule has 0 aliphatic rings. The second kappa shape index (κ2) is 4.98. The van der Waals surface area contributed by atoms with E-state index >= 15 is 0 Å². The lowest BCUT2D eigenvalue weighted by Crippen LogP contribution is -2.37. The SMILES string of the molecule is CC(=O)C(C)NS(=O)(=O)c1cc(C)ccc1C. The molecule has 1 aromatic rings. The molecule has 1 unspecified atom stereocenters. The largest absolute Gasteiger partial charge is 0.298 e. The molecule has 1 atom stereocenters. The fourth-order valence-electron chi connectivity index (χ4n) is 1.38. The number of hydrogen-bond acceptors (Lipinski definition) is 3. The van der Waals surface area contributed by atoms with Crippen LogP contribution in [0.15, 0.2) is 23.1 Å². The van der Waals surface area contributed by atoms with Crippen molar-refractivity contribution in [3.63, 3.8) is 0 Å². The highest BCUT2D eigenvalue weighted by molar-refractivity contribution is 7.89. The fourth-order valence-corrected chi connectivity index (χ4v) is 2.97. The molecule has 1 N–H and O–H groups in total. The van der Waals surface area contributed by atoms with Crippen LogP contribution >= 0.6 is 0 Å². The molecule has 0 spiro atoms. The number of Topliss-reactive ketones (excluding diaryl/α,β-unsaturated/α-hetero) is 1. The van der Waals surface area contributed by atoms with Crippen molar-refractivity contribution >= 4 is 15.8 Å². The van der Waals surface area contributed by atoms with Gasteiger partial charge in [0.05, 0.1) is 10.9 Å². The normalized spacial score (nSPS) is 13.4. The summed E-state index contributed by atoms with van der Waals surface area (Å²) in [5, 5.41) is 0. The van der Waals surface area contributed by atoms with E-state index in [1.54, 1.807) is 19.1 Å². The van der Waals surface area contributed by atoms with Gasteiger partial charge < -0.3 is 0 Å². The first-order valence-electron chi connectivity index (χ1n) is 5.34. The molecule has 0 aliphatic heterocycles. The monoisotopic (exact) mass is 255 g/mol. The van der Waals surface area contributed by atoms with E-state index in [1.807, 2.05) is 13.0 Å². The van der Waals surface area contributed by atoms with Crippen LogP contribution in [-0.2, 0) is 14.8 Å². The smallest absolute Gasteiger partial charge is 0.241 e. The van der Waals surface area contributed by atoms with Gasteiger partial charge in [-0.3, -0.25) is 4.79 Å². The number of hydrogen-bond donors (Lipinski definition) is 1. The molecule has 0 aliphatic carbocycles. The highest BCUT2D eigenvalue weighted by atomic mass is 32.2. The molecule has 0 saturated carbocycles. The van der Waals surface area contributed by atoms with Crippen LogP contribution in [0.1, 0.15) is 25.0 Å². The number of carbonyl (C=O) groups is 1. The molecule has 0 radical (unpaired) electrons.